The van der Waals surface area contributed by atoms with E-state index in [-0.39, 0.29) is 6.71 Å². The molecule has 0 nitrogen and oxygen atoms in total. The number of fused-ring (bicyclic) bond motifs is 2. The fourth-order valence-corrected chi connectivity index (χ4v) is 11.9. The molecule has 0 aliphatic carbocycles. The van der Waals surface area contributed by atoms with Crippen LogP contribution in [0.15, 0.2) is 121 Å². The van der Waals surface area contributed by atoms with Gasteiger partial charge in [0.05, 0.1) is 0 Å². The van der Waals surface area contributed by atoms with Crippen LogP contribution in [0.4, 0.5) is 0 Å². The lowest BCUT2D eigenvalue weighted by atomic mass is 9.35. The Bertz CT molecular complexity index is 1410. The Hall–Kier alpha value is -3.62. The molecule has 0 radical (unpaired) electrons. The predicted molar refractivity (Wildman–Crippen MR) is 155 cm³/mol. The Morgan fingerprint density at radius 1 is 0.486 bits per heavy atom. The summed E-state index contributed by atoms with van der Waals surface area (Å²) in [5.41, 5.74) is 8.47. The molecule has 0 amide bonds. The highest BCUT2D eigenvalue weighted by Gasteiger charge is 2.49. The third-order valence-electron chi connectivity index (χ3n) is 7.79. The van der Waals surface area contributed by atoms with Crippen LogP contribution in [0.5, 0.6) is 0 Å². The Labute approximate surface area is 210 Å². The lowest BCUT2D eigenvalue weighted by Gasteiger charge is -2.43. The predicted octanol–water partition coefficient (Wildman–Crippen LogP) is 2.82. The van der Waals surface area contributed by atoms with Crippen LogP contribution in [0, 0.1) is 20.8 Å². The number of rotatable bonds is 3. The summed E-state index contributed by atoms with van der Waals surface area (Å²) in [6, 6.07) is 45.8. The molecule has 0 saturated heterocycles. The first-order valence-electron chi connectivity index (χ1n) is 12.5. The summed E-state index contributed by atoms with van der Waals surface area (Å²) >= 11 is 0. The molecule has 0 N–H and O–H groups in total. The van der Waals surface area contributed by atoms with E-state index in [1.54, 1.807) is 0 Å². The molecule has 2 heteroatoms. The van der Waals surface area contributed by atoms with Crippen molar-refractivity contribution in [2.75, 3.05) is 0 Å². The smallest absolute Gasteiger partial charge is 0.0683 e. The van der Waals surface area contributed by atoms with Crippen molar-refractivity contribution >= 4 is 51.9 Å². The topological polar surface area (TPSA) is 0 Å². The number of benzene rings is 5. The average Bonchev–Trinajstić information content (AvgIpc) is 2.89. The van der Waals surface area contributed by atoms with Crippen LogP contribution >= 0.6 is 0 Å². The second kappa shape index (κ2) is 8.55. The highest BCUT2D eigenvalue weighted by Crippen LogP contribution is 2.15. The monoisotopic (exact) mass is 464 g/mol. The first kappa shape index (κ1) is 21.9. The van der Waals surface area contributed by atoms with Gasteiger partial charge in [-0.1, -0.05) is 154 Å². The van der Waals surface area contributed by atoms with Crippen molar-refractivity contribution in [2.45, 2.75) is 20.8 Å². The summed E-state index contributed by atoms with van der Waals surface area (Å²) < 4.78 is 0. The van der Waals surface area contributed by atoms with Gasteiger partial charge in [0.25, 0.3) is 0 Å². The van der Waals surface area contributed by atoms with E-state index in [9.17, 15) is 0 Å². The second-order valence-corrected chi connectivity index (χ2v) is 13.6. The lowest BCUT2D eigenvalue weighted by Crippen LogP contribution is -2.86. The van der Waals surface area contributed by atoms with Crippen LogP contribution in [0.3, 0.4) is 0 Å². The maximum Gasteiger partial charge on any atom is 0.241 e. The SMILES string of the molecule is Cc1cc(C)c(B2c3ccccc3[Si](c3ccccc3)(c3ccccc3)c3ccccc32)c(C)c1. The minimum atomic E-state index is -2.50. The van der Waals surface area contributed by atoms with E-state index >= 15 is 0 Å². The summed E-state index contributed by atoms with van der Waals surface area (Å²) in [6.07, 6.45) is 0. The Balaban J connectivity index is 1.78. The average molecular weight is 464 g/mol. The maximum absolute atomic E-state index is 2.50. The van der Waals surface area contributed by atoms with E-state index in [1.165, 1.54) is 53.8 Å². The van der Waals surface area contributed by atoms with Gasteiger partial charge in [0.1, 0.15) is 0 Å². The highest BCUT2D eigenvalue weighted by atomic mass is 28.3. The van der Waals surface area contributed by atoms with E-state index in [1.807, 2.05) is 0 Å². The quantitative estimate of drug-likeness (QED) is 0.354. The molecule has 0 unspecified atom stereocenters. The first-order chi connectivity index (χ1) is 17.1. The van der Waals surface area contributed by atoms with Crippen molar-refractivity contribution in [2.24, 2.45) is 0 Å². The van der Waals surface area contributed by atoms with E-state index in [2.05, 4.69) is 142 Å². The fourth-order valence-electron chi connectivity index (χ4n) is 6.62. The normalized spacial score (nSPS) is 13.7. The van der Waals surface area contributed by atoms with Crippen molar-refractivity contribution in [3.05, 3.63) is 138 Å². The summed E-state index contributed by atoms with van der Waals surface area (Å²) in [6.45, 7) is 7.01. The molecular weight excluding hydrogens is 435 g/mol. The lowest BCUT2D eigenvalue weighted by molar-refractivity contribution is 1.35. The van der Waals surface area contributed by atoms with Crippen LogP contribution in [0.1, 0.15) is 16.7 Å². The van der Waals surface area contributed by atoms with Crippen LogP contribution in [-0.2, 0) is 0 Å². The number of hydrogen-bond acceptors (Lipinski definition) is 0. The zero-order chi connectivity index (χ0) is 24.0. The molecule has 168 valence electrons. The van der Waals surface area contributed by atoms with Crippen LogP contribution < -0.4 is 37.1 Å². The Kier molecular flexibility index (Phi) is 5.35. The van der Waals surface area contributed by atoms with Gasteiger partial charge in [-0.3, -0.25) is 0 Å². The highest BCUT2D eigenvalue weighted by molar-refractivity contribution is 7.26. The van der Waals surface area contributed by atoms with Gasteiger partial charge in [0.2, 0.25) is 6.71 Å². The molecule has 0 bridgehead atoms. The van der Waals surface area contributed by atoms with Gasteiger partial charge < -0.3 is 0 Å². The zero-order valence-corrected chi connectivity index (χ0v) is 21.6. The zero-order valence-electron chi connectivity index (χ0n) is 20.6. The van der Waals surface area contributed by atoms with Crippen LogP contribution in [0.25, 0.3) is 0 Å². The van der Waals surface area contributed by atoms with Gasteiger partial charge in [0, 0.05) is 0 Å². The molecule has 0 atom stereocenters. The molecular formula is C33H29BSi. The van der Waals surface area contributed by atoms with Crippen molar-refractivity contribution in [1.29, 1.82) is 0 Å². The number of aryl methyl sites for hydroxylation is 3. The van der Waals surface area contributed by atoms with Crippen molar-refractivity contribution in [3.8, 4) is 0 Å². The minimum Gasteiger partial charge on any atom is -0.0683 e. The van der Waals surface area contributed by atoms with Gasteiger partial charge in [-0.2, -0.15) is 0 Å². The largest absolute Gasteiger partial charge is 0.241 e. The van der Waals surface area contributed by atoms with Gasteiger partial charge >= 0.3 is 0 Å². The van der Waals surface area contributed by atoms with Gasteiger partial charge in [-0.05, 0) is 41.5 Å². The van der Waals surface area contributed by atoms with E-state index < -0.39 is 8.07 Å². The molecule has 1 aliphatic rings. The van der Waals surface area contributed by atoms with Crippen molar-refractivity contribution < 1.29 is 0 Å². The first-order valence-corrected chi connectivity index (χ1v) is 14.5. The van der Waals surface area contributed by atoms with Gasteiger partial charge in [-0.15, -0.1) is 0 Å². The Morgan fingerprint density at radius 3 is 1.34 bits per heavy atom. The summed E-state index contributed by atoms with van der Waals surface area (Å²) in [7, 11) is -2.50. The maximum atomic E-state index is 2.42. The summed E-state index contributed by atoms with van der Waals surface area (Å²) in [5, 5.41) is 5.92. The van der Waals surface area contributed by atoms with E-state index in [0.717, 1.165) is 0 Å². The van der Waals surface area contributed by atoms with Crippen LogP contribution in [0.2, 0.25) is 0 Å². The fraction of sp³-hybridized carbons (Fsp3) is 0.0909. The third-order valence-corrected chi connectivity index (χ3v) is 12.7. The van der Waals surface area contributed by atoms with Gasteiger partial charge in [-0.25, -0.2) is 0 Å². The standard InChI is InChI=1S/C33H29BSi/c1-24-22-25(2)33(26(3)23-24)34-29-18-10-12-20-31(29)35(27-14-6-4-7-15-27,28-16-8-5-9-17-28)32-21-13-11-19-30(32)34/h4-23H,1-3H3. The minimum absolute atomic E-state index is 0.232. The van der Waals surface area contributed by atoms with Crippen molar-refractivity contribution in [3.63, 3.8) is 0 Å². The van der Waals surface area contributed by atoms with Gasteiger partial charge in [0.15, 0.2) is 8.07 Å². The van der Waals surface area contributed by atoms with E-state index in [0.29, 0.717) is 0 Å². The molecule has 35 heavy (non-hydrogen) atoms. The summed E-state index contributed by atoms with van der Waals surface area (Å²) in [4.78, 5) is 0. The molecule has 6 rings (SSSR count). The second-order valence-electron chi connectivity index (χ2n) is 9.90. The molecule has 5 aromatic carbocycles. The molecule has 0 fully saturated rings. The van der Waals surface area contributed by atoms with Crippen molar-refractivity contribution in [1.82, 2.24) is 0 Å². The number of hydrogen-bond donors (Lipinski definition) is 0. The summed E-state index contributed by atoms with van der Waals surface area (Å²) in [5.74, 6) is 0. The Morgan fingerprint density at radius 2 is 0.886 bits per heavy atom. The molecule has 5 aromatic rings. The molecule has 1 aliphatic heterocycles. The molecule has 1 heterocycles. The molecule has 0 aromatic heterocycles. The molecule has 0 saturated carbocycles. The third kappa shape index (κ3) is 3.28. The van der Waals surface area contributed by atoms with Crippen LogP contribution in [-0.4, -0.2) is 14.8 Å². The van der Waals surface area contributed by atoms with E-state index in [4.69, 9.17) is 0 Å². The molecule has 0 spiro atoms.